The van der Waals surface area contributed by atoms with Crippen LogP contribution in [0.15, 0.2) is 12.2 Å². The molecule has 52 valence electrons. The Morgan fingerprint density at radius 1 is 1.56 bits per heavy atom. The third kappa shape index (κ3) is 3.91. The molecule has 2 nitrogen and oxygen atoms in total. The van der Waals surface area contributed by atoms with Crippen LogP contribution in [0, 0.1) is 0 Å². The zero-order chi connectivity index (χ0) is 7.44. The van der Waals surface area contributed by atoms with E-state index in [4.69, 9.17) is 0 Å². The van der Waals surface area contributed by atoms with Gasteiger partial charge in [0.05, 0.1) is 6.54 Å². The lowest BCUT2D eigenvalue weighted by atomic mass is 10.2. The fourth-order valence-electron chi connectivity index (χ4n) is 0.422. The van der Waals surface area contributed by atoms with Crippen molar-refractivity contribution in [2.45, 2.75) is 6.92 Å². The second kappa shape index (κ2) is 3.41. The Labute approximate surface area is 56.2 Å². The smallest absolute Gasteiger partial charge is 0.171 e. The summed E-state index contributed by atoms with van der Waals surface area (Å²) in [7, 11) is 3.72. The minimum atomic E-state index is 0.111. The molecule has 0 rings (SSSR count). The molecule has 0 bridgehead atoms. The Bertz CT molecular complexity index is 127. The SMILES string of the molecule is C=C(C)C(=O)CN(C)C. The normalized spacial score (nSPS) is 9.78. The summed E-state index contributed by atoms with van der Waals surface area (Å²) in [5.41, 5.74) is 0.628. The van der Waals surface area contributed by atoms with Crippen molar-refractivity contribution in [3.8, 4) is 0 Å². The fourth-order valence-corrected chi connectivity index (χ4v) is 0.422. The van der Waals surface area contributed by atoms with Crippen LogP contribution in [0.2, 0.25) is 0 Å². The molecule has 0 saturated carbocycles. The zero-order valence-corrected chi connectivity index (χ0v) is 6.27. The summed E-state index contributed by atoms with van der Waals surface area (Å²) in [6, 6.07) is 0. The quantitative estimate of drug-likeness (QED) is 0.520. The van der Waals surface area contributed by atoms with Gasteiger partial charge < -0.3 is 4.90 Å². The van der Waals surface area contributed by atoms with Gasteiger partial charge in [0.2, 0.25) is 0 Å². The molecule has 2 heteroatoms. The van der Waals surface area contributed by atoms with Gasteiger partial charge in [0, 0.05) is 0 Å². The molecule has 0 N–H and O–H groups in total. The van der Waals surface area contributed by atoms with Crippen molar-refractivity contribution in [2.75, 3.05) is 20.6 Å². The summed E-state index contributed by atoms with van der Waals surface area (Å²) in [4.78, 5) is 12.6. The van der Waals surface area contributed by atoms with E-state index in [-0.39, 0.29) is 5.78 Å². The Morgan fingerprint density at radius 3 is 2.11 bits per heavy atom. The highest BCUT2D eigenvalue weighted by molar-refractivity contribution is 5.95. The molecule has 0 aliphatic rings. The number of Topliss-reactive ketones (excluding diaryl/α,β-unsaturated/α-hetero) is 1. The first-order valence-electron chi connectivity index (χ1n) is 2.87. The number of carbonyl (C=O) groups excluding carboxylic acids is 1. The van der Waals surface area contributed by atoms with Crippen molar-refractivity contribution >= 4 is 5.78 Å². The number of hydrogen-bond donors (Lipinski definition) is 0. The van der Waals surface area contributed by atoms with Crippen LogP contribution < -0.4 is 0 Å². The summed E-state index contributed by atoms with van der Waals surface area (Å²) in [6.07, 6.45) is 0. The first-order chi connectivity index (χ1) is 4.04. The van der Waals surface area contributed by atoms with Gasteiger partial charge in [-0.15, -0.1) is 0 Å². The van der Waals surface area contributed by atoms with Crippen LogP contribution in [0.1, 0.15) is 6.92 Å². The molecule has 0 aromatic rings. The van der Waals surface area contributed by atoms with Crippen LogP contribution in [0.5, 0.6) is 0 Å². The average Bonchev–Trinajstić information content (AvgIpc) is 1.63. The van der Waals surface area contributed by atoms with Gasteiger partial charge in [-0.1, -0.05) is 6.58 Å². The predicted molar refractivity (Wildman–Crippen MR) is 38.4 cm³/mol. The van der Waals surface area contributed by atoms with E-state index in [2.05, 4.69) is 6.58 Å². The zero-order valence-electron chi connectivity index (χ0n) is 6.27. The molecule has 0 unspecified atom stereocenters. The van der Waals surface area contributed by atoms with Crippen LogP contribution >= 0.6 is 0 Å². The van der Waals surface area contributed by atoms with Crippen LogP contribution in [0.3, 0.4) is 0 Å². The highest BCUT2D eigenvalue weighted by Crippen LogP contribution is 1.89. The number of ketones is 1. The second-order valence-electron chi connectivity index (χ2n) is 2.44. The number of carbonyl (C=O) groups is 1. The van der Waals surface area contributed by atoms with Crippen molar-refractivity contribution < 1.29 is 4.79 Å². The summed E-state index contributed by atoms with van der Waals surface area (Å²) in [5, 5.41) is 0. The lowest BCUT2D eigenvalue weighted by Gasteiger charge is -2.06. The minimum Gasteiger partial charge on any atom is -0.302 e. The van der Waals surface area contributed by atoms with Gasteiger partial charge in [-0.2, -0.15) is 0 Å². The van der Waals surface area contributed by atoms with E-state index in [0.29, 0.717) is 12.1 Å². The predicted octanol–water partition coefficient (Wildman–Crippen LogP) is 0.693. The van der Waals surface area contributed by atoms with Crippen molar-refractivity contribution in [2.24, 2.45) is 0 Å². The molecule has 0 aromatic carbocycles. The van der Waals surface area contributed by atoms with E-state index < -0.39 is 0 Å². The van der Waals surface area contributed by atoms with E-state index in [0.717, 1.165) is 0 Å². The van der Waals surface area contributed by atoms with Gasteiger partial charge in [-0.25, -0.2) is 0 Å². The number of rotatable bonds is 3. The van der Waals surface area contributed by atoms with E-state index in [1.54, 1.807) is 6.92 Å². The highest BCUT2D eigenvalue weighted by atomic mass is 16.1. The minimum absolute atomic E-state index is 0.111. The molecule has 9 heavy (non-hydrogen) atoms. The van der Waals surface area contributed by atoms with Crippen LogP contribution in [0.4, 0.5) is 0 Å². The van der Waals surface area contributed by atoms with Gasteiger partial charge in [-0.05, 0) is 26.6 Å². The highest BCUT2D eigenvalue weighted by Gasteiger charge is 2.01. The number of hydrogen-bond acceptors (Lipinski definition) is 2. The van der Waals surface area contributed by atoms with Crippen molar-refractivity contribution in [3.63, 3.8) is 0 Å². The maximum absolute atomic E-state index is 10.8. The Balaban J connectivity index is 3.65. The lowest BCUT2D eigenvalue weighted by molar-refractivity contribution is -0.116. The second-order valence-corrected chi connectivity index (χ2v) is 2.44. The molecule has 0 spiro atoms. The number of nitrogens with zero attached hydrogens (tertiary/aromatic N) is 1. The Hall–Kier alpha value is -0.630. The summed E-state index contributed by atoms with van der Waals surface area (Å²) < 4.78 is 0. The number of likely N-dealkylation sites (N-methyl/N-ethyl adjacent to an activating group) is 1. The third-order valence-electron chi connectivity index (χ3n) is 0.936. The first-order valence-corrected chi connectivity index (χ1v) is 2.87. The summed E-state index contributed by atoms with van der Waals surface area (Å²) in [5.74, 6) is 0.111. The third-order valence-corrected chi connectivity index (χ3v) is 0.936. The van der Waals surface area contributed by atoms with Gasteiger partial charge in [0.15, 0.2) is 5.78 Å². The molecule has 0 atom stereocenters. The molecule has 0 aliphatic heterocycles. The maximum Gasteiger partial charge on any atom is 0.171 e. The topological polar surface area (TPSA) is 20.3 Å². The Kier molecular flexibility index (Phi) is 3.17. The van der Waals surface area contributed by atoms with E-state index >= 15 is 0 Å². The lowest BCUT2D eigenvalue weighted by Crippen LogP contribution is -2.21. The van der Waals surface area contributed by atoms with E-state index in [1.807, 2.05) is 19.0 Å². The molecule has 0 aliphatic carbocycles. The first kappa shape index (κ1) is 8.37. The summed E-state index contributed by atoms with van der Waals surface area (Å²) in [6.45, 7) is 5.73. The maximum atomic E-state index is 10.8. The van der Waals surface area contributed by atoms with Gasteiger partial charge in [-0.3, -0.25) is 4.79 Å². The molecule has 0 amide bonds. The van der Waals surface area contributed by atoms with E-state index in [1.165, 1.54) is 0 Å². The molecule has 0 fully saturated rings. The molecule has 0 heterocycles. The standard InChI is InChI=1S/C7H13NO/c1-6(2)7(9)5-8(3)4/h1,5H2,2-4H3. The van der Waals surface area contributed by atoms with Crippen molar-refractivity contribution in [1.82, 2.24) is 4.90 Å². The molecule has 0 radical (unpaired) electrons. The molecule has 0 aromatic heterocycles. The van der Waals surface area contributed by atoms with Crippen LogP contribution in [-0.4, -0.2) is 31.3 Å². The molecular weight excluding hydrogens is 114 g/mol. The fraction of sp³-hybridized carbons (Fsp3) is 0.571. The molecule has 0 saturated heterocycles. The largest absolute Gasteiger partial charge is 0.302 e. The summed E-state index contributed by atoms with van der Waals surface area (Å²) >= 11 is 0. The van der Waals surface area contributed by atoms with Gasteiger partial charge in [0.1, 0.15) is 0 Å². The molecular formula is C7H13NO. The Morgan fingerprint density at radius 2 is 2.00 bits per heavy atom. The van der Waals surface area contributed by atoms with Crippen LogP contribution in [-0.2, 0) is 4.79 Å². The monoisotopic (exact) mass is 127 g/mol. The van der Waals surface area contributed by atoms with Gasteiger partial charge >= 0.3 is 0 Å². The van der Waals surface area contributed by atoms with Crippen LogP contribution in [0.25, 0.3) is 0 Å². The van der Waals surface area contributed by atoms with Crippen molar-refractivity contribution in [3.05, 3.63) is 12.2 Å². The van der Waals surface area contributed by atoms with E-state index in [9.17, 15) is 4.79 Å². The average molecular weight is 127 g/mol. The van der Waals surface area contributed by atoms with Crippen molar-refractivity contribution in [1.29, 1.82) is 0 Å². The van der Waals surface area contributed by atoms with Gasteiger partial charge in [0.25, 0.3) is 0 Å².